The topological polar surface area (TPSA) is 52.7 Å². The lowest BCUT2D eigenvalue weighted by molar-refractivity contribution is -0.127. The van der Waals surface area contributed by atoms with E-state index in [0.717, 1.165) is 5.69 Å². The van der Waals surface area contributed by atoms with Crippen LogP contribution in [0, 0.1) is 0 Å². The first kappa shape index (κ1) is 17.0. The van der Waals surface area contributed by atoms with Gasteiger partial charge in [0.15, 0.2) is 0 Å². The number of carbonyl (C=O) groups is 2. The first-order chi connectivity index (χ1) is 10.9. The van der Waals surface area contributed by atoms with Crippen molar-refractivity contribution in [2.75, 3.05) is 29.9 Å². The number of anilines is 2. The van der Waals surface area contributed by atoms with Crippen molar-refractivity contribution >= 4 is 23.2 Å². The first-order valence-electron chi connectivity index (χ1n) is 7.59. The molecule has 1 N–H and O–H groups in total. The normalized spacial score (nSPS) is 15.8. The van der Waals surface area contributed by atoms with Crippen molar-refractivity contribution in [3.63, 3.8) is 0 Å². The Bertz CT molecular complexity index is 627. The lowest BCUT2D eigenvalue weighted by Crippen LogP contribution is -2.60. The van der Waals surface area contributed by atoms with E-state index >= 15 is 0 Å². The lowest BCUT2D eigenvalue weighted by Gasteiger charge is -2.42. The van der Waals surface area contributed by atoms with Crippen LogP contribution in [-0.2, 0) is 9.59 Å². The van der Waals surface area contributed by atoms with Gasteiger partial charge in [0, 0.05) is 13.1 Å². The number of amides is 2. The molecule has 1 aromatic carbocycles. The van der Waals surface area contributed by atoms with Crippen LogP contribution in [0.1, 0.15) is 13.8 Å². The van der Waals surface area contributed by atoms with E-state index in [-0.39, 0.29) is 18.4 Å². The quantitative estimate of drug-likeness (QED) is 0.821. The summed E-state index contributed by atoms with van der Waals surface area (Å²) in [6.07, 6.45) is 3.50. The second-order valence-electron chi connectivity index (χ2n) is 6.03. The molecule has 0 unspecified atom stereocenters. The SMILES string of the molecule is C=CCN(CC=C)CC(=O)N1c2ccccc2NC(=O)C1(C)C. The third-order valence-electron chi connectivity index (χ3n) is 3.89. The van der Waals surface area contributed by atoms with E-state index in [4.69, 9.17) is 0 Å². The summed E-state index contributed by atoms with van der Waals surface area (Å²) in [6.45, 7) is 12.3. The Morgan fingerprint density at radius 2 is 1.87 bits per heavy atom. The summed E-state index contributed by atoms with van der Waals surface area (Å²) in [4.78, 5) is 28.8. The van der Waals surface area contributed by atoms with Gasteiger partial charge in [-0.3, -0.25) is 19.4 Å². The third-order valence-corrected chi connectivity index (χ3v) is 3.89. The highest BCUT2D eigenvalue weighted by Crippen LogP contribution is 2.36. The molecule has 0 aromatic heterocycles. The number of para-hydroxylation sites is 2. The molecule has 0 bridgehead atoms. The Hall–Kier alpha value is -2.40. The number of hydrogen-bond acceptors (Lipinski definition) is 3. The van der Waals surface area contributed by atoms with Gasteiger partial charge in [-0.05, 0) is 26.0 Å². The van der Waals surface area contributed by atoms with Crippen LogP contribution in [0.3, 0.4) is 0 Å². The van der Waals surface area contributed by atoms with Gasteiger partial charge in [0.25, 0.3) is 0 Å². The number of fused-ring (bicyclic) bond motifs is 1. The van der Waals surface area contributed by atoms with Crippen LogP contribution in [0.4, 0.5) is 11.4 Å². The lowest BCUT2D eigenvalue weighted by atomic mass is 9.96. The molecule has 0 fully saturated rings. The van der Waals surface area contributed by atoms with Crippen molar-refractivity contribution in [3.05, 3.63) is 49.6 Å². The minimum atomic E-state index is -0.945. The van der Waals surface area contributed by atoms with Gasteiger partial charge in [0.2, 0.25) is 11.8 Å². The van der Waals surface area contributed by atoms with Gasteiger partial charge < -0.3 is 5.32 Å². The minimum Gasteiger partial charge on any atom is -0.322 e. The fourth-order valence-electron chi connectivity index (χ4n) is 2.73. The minimum absolute atomic E-state index is 0.124. The van der Waals surface area contributed by atoms with Crippen LogP contribution < -0.4 is 10.2 Å². The molecule has 122 valence electrons. The monoisotopic (exact) mass is 313 g/mol. The molecule has 1 aliphatic heterocycles. The number of hydrogen-bond donors (Lipinski definition) is 1. The molecule has 5 heteroatoms. The van der Waals surface area contributed by atoms with Crippen LogP contribution in [0.2, 0.25) is 0 Å². The van der Waals surface area contributed by atoms with Crippen LogP contribution in [0.5, 0.6) is 0 Å². The molecule has 1 aliphatic rings. The summed E-state index contributed by atoms with van der Waals surface area (Å²) in [7, 11) is 0. The Labute approximate surface area is 137 Å². The molecule has 0 saturated heterocycles. The molecule has 2 amide bonds. The predicted molar refractivity (Wildman–Crippen MR) is 93.5 cm³/mol. The molecule has 2 rings (SSSR count). The van der Waals surface area contributed by atoms with E-state index < -0.39 is 5.54 Å². The second-order valence-corrected chi connectivity index (χ2v) is 6.03. The smallest absolute Gasteiger partial charge is 0.250 e. The Kier molecular flexibility index (Phi) is 5.01. The fraction of sp³-hybridized carbons (Fsp3) is 0.333. The van der Waals surface area contributed by atoms with Crippen molar-refractivity contribution in [2.24, 2.45) is 0 Å². The molecule has 1 heterocycles. The average molecular weight is 313 g/mol. The van der Waals surface area contributed by atoms with E-state index in [9.17, 15) is 9.59 Å². The summed E-state index contributed by atoms with van der Waals surface area (Å²) in [5.41, 5.74) is 0.433. The highest BCUT2D eigenvalue weighted by molar-refractivity contribution is 6.14. The molecule has 0 aliphatic carbocycles. The number of rotatable bonds is 6. The summed E-state index contributed by atoms with van der Waals surface area (Å²) < 4.78 is 0. The zero-order valence-corrected chi connectivity index (χ0v) is 13.7. The van der Waals surface area contributed by atoms with E-state index in [1.807, 2.05) is 23.1 Å². The maximum absolute atomic E-state index is 12.9. The van der Waals surface area contributed by atoms with E-state index in [2.05, 4.69) is 18.5 Å². The molecular formula is C18H23N3O2. The molecule has 0 radical (unpaired) electrons. The van der Waals surface area contributed by atoms with Gasteiger partial charge >= 0.3 is 0 Å². The van der Waals surface area contributed by atoms with E-state index in [1.54, 1.807) is 37.0 Å². The summed E-state index contributed by atoms with van der Waals surface area (Å²) in [5.74, 6) is -0.315. The Morgan fingerprint density at radius 1 is 1.26 bits per heavy atom. The van der Waals surface area contributed by atoms with Crippen molar-refractivity contribution in [3.8, 4) is 0 Å². The largest absolute Gasteiger partial charge is 0.322 e. The molecule has 5 nitrogen and oxygen atoms in total. The highest BCUT2D eigenvalue weighted by atomic mass is 16.2. The number of carbonyl (C=O) groups excluding carboxylic acids is 2. The standard InChI is InChI=1S/C18H23N3O2/c1-5-11-20(12-6-2)13-16(22)21-15-10-8-7-9-14(15)19-17(23)18(21,3)4/h5-10H,1-2,11-13H2,3-4H3,(H,19,23). The fourth-order valence-corrected chi connectivity index (χ4v) is 2.73. The first-order valence-corrected chi connectivity index (χ1v) is 7.59. The molecule has 23 heavy (non-hydrogen) atoms. The zero-order valence-electron chi connectivity index (χ0n) is 13.7. The summed E-state index contributed by atoms with van der Waals surface area (Å²) >= 11 is 0. The number of nitrogens with zero attached hydrogens (tertiary/aromatic N) is 2. The van der Waals surface area contributed by atoms with Crippen molar-refractivity contribution < 1.29 is 9.59 Å². The molecule has 0 spiro atoms. The average Bonchev–Trinajstić information content (AvgIpc) is 2.48. The molecular weight excluding hydrogens is 290 g/mol. The predicted octanol–water partition coefficient (Wildman–Crippen LogP) is 2.42. The maximum Gasteiger partial charge on any atom is 0.250 e. The summed E-state index contributed by atoms with van der Waals surface area (Å²) in [5, 5.41) is 2.86. The highest BCUT2D eigenvalue weighted by Gasteiger charge is 2.43. The van der Waals surface area contributed by atoms with E-state index in [0.29, 0.717) is 18.8 Å². The van der Waals surface area contributed by atoms with Gasteiger partial charge in [-0.25, -0.2) is 0 Å². The van der Waals surface area contributed by atoms with Gasteiger partial charge in [-0.2, -0.15) is 0 Å². The van der Waals surface area contributed by atoms with Gasteiger partial charge in [-0.1, -0.05) is 24.3 Å². The van der Waals surface area contributed by atoms with Crippen LogP contribution in [-0.4, -0.2) is 41.9 Å². The molecule has 1 aromatic rings. The van der Waals surface area contributed by atoms with Gasteiger partial charge in [0.05, 0.1) is 17.9 Å². The maximum atomic E-state index is 12.9. The van der Waals surface area contributed by atoms with Crippen LogP contribution in [0.25, 0.3) is 0 Å². The van der Waals surface area contributed by atoms with Crippen LogP contribution in [0.15, 0.2) is 49.6 Å². The Morgan fingerprint density at radius 3 is 2.48 bits per heavy atom. The number of nitrogens with one attached hydrogen (secondary N) is 1. The summed E-state index contributed by atoms with van der Waals surface area (Å²) in [6, 6.07) is 7.34. The van der Waals surface area contributed by atoms with Crippen molar-refractivity contribution in [2.45, 2.75) is 19.4 Å². The van der Waals surface area contributed by atoms with Crippen LogP contribution >= 0.6 is 0 Å². The van der Waals surface area contributed by atoms with Gasteiger partial charge in [-0.15, -0.1) is 13.2 Å². The van der Waals surface area contributed by atoms with E-state index in [1.165, 1.54) is 0 Å². The van der Waals surface area contributed by atoms with Crippen molar-refractivity contribution in [1.82, 2.24) is 4.90 Å². The van der Waals surface area contributed by atoms with Gasteiger partial charge in [0.1, 0.15) is 5.54 Å². The second kappa shape index (κ2) is 6.79. The number of benzene rings is 1. The zero-order chi connectivity index (χ0) is 17.0. The Balaban J connectivity index is 2.34. The molecule has 0 saturated carbocycles. The molecule has 0 atom stereocenters. The van der Waals surface area contributed by atoms with Crippen molar-refractivity contribution in [1.29, 1.82) is 0 Å². The third kappa shape index (κ3) is 3.35.